The highest BCUT2D eigenvalue weighted by Crippen LogP contribution is 2.22. The third-order valence-corrected chi connectivity index (χ3v) is 2.76. The predicted octanol–water partition coefficient (Wildman–Crippen LogP) is 0.648. The van der Waals surface area contributed by atoms with Crippen LogP contribution < -0.4 is 10.5 Å². The number of morpholine rings is 1. The minimum atomic E-state index is -0.305. The van der Waals surface area contributed by atoms with Crippen molar-refractivity contribution in [3.05, 3.63) is 21.7 Å². The summed E-state index contributed by atoms with van der Waals surface area (Å²) in [7, 11) is 0. The van der Waals surface area contributed by atoms with E-state index in [9.17, 15) is 4.79 Å². The largest absolute Gasteiger partial charge is 0.377 e. The molecule has 1 fully saturated rings. The Morgan fingerprint density at radius 2 is 2.53 bits per heavy atom. The number of aromatic nitrogens is 2. The third-order valence-electron chi connectivity index (χ3n) is 2.42. The summed E-state index contributed by atoms with van der Waals surface area (Å²) in [5, 5.41) is 0.145. The first kappa shape index (κ1) is 10.4. The van der Waals surface area contributed by atoms with Gasteiger partial charge in [0.05, 0.1) is 25.6 Å². The second-order valence-electron chi connectivity index (χ2n) is 3.49. The molecule has 2 heterocycles. The zero-order chi connectivity index (χ0) is 10.8. The fraction of sp³-hybridized carbons (Fsp3) is 0.556. The van der Waals surface area contributed by atoms with E-state index in [0.29, 0.717) is 25.6 Å². The summed E-state index contributed by atoms with van der Waals surface area (Å²) in [4.78, 5) is 19.8. The van der Waals surface area contributed by atoms with E-state index in [4.69, 9.17) is 16.3 Å². The van der Waals surface area contributed by atoms with Crippen molar-refractivity contribution >= 4 is 17.4 Å². The minimum Gasteiger partial charge on any atom is -0.377 e. The molecule has 6 heteroatoms. The predicted molar refractivity (Wildman–Crippen MR) is 57.5 cm³/mol. The molecule has 1 aliphatic rings. The fourth-order valence-corrected chi connectivity index (χ4v) is 1.83. The number of ether oxygens (including phenoxy) is 1. The second kappa shape index (κ2) is 4.20. The van der Waals surface area contributed by atoms with Crippen LogP contribution in [0.4, 0.5) is 5.82 Å². The molecular formula is C9H12ClN3O2. The molecule has 1 N–H and O–H groups in total. The van der Waals surface area contributed by atoms with Crippen molar-refractivity contribution in [2.75, 3.05) is 24.7 Å². The standard InChI is InChI=1S/C9H12ClN3O2/c1-6-4-15-3-2-13(6)8-7(10)9(14)12-5-11-8/h5-6H,2-4H2,1H3,(H,11,12,14). The zero-order valence-electron chi connectivity index (χ0n) is 8.36. The molecule has 2 rings (SSSR count). The zero-order valence-corrected chi connectivity index (χ0v) is 9.12. The Morgan fingerprint density at radius 3 is 3.27 bits per heavy atom. The van der Waals surface area contributed by atoms with E-state index in [1.54, 1.807) is 0 Å². The van der Waals surface area contributed by atoms with Crippen molar-refractivity contribution in [1.82, 2.24) is 9.97 Å². The van der Waals surface area contributed by atoms with Crippen molar-refractivity contribution in [2.45, 2.75) is 13.0 Å². The molecule has 1 aromatic heterocycles. The van der Waals surface area contributed by atoms with Crippen LogP contribution in [0.25, 0.3) is 0 Å². The molecule has 15 heavy (non-hydrogen) atoms. The lowest BCUT2D eigenvalue weighted by Gasteiger charge is -2.34. The molecule has 0 radical (unpaired) electrons. The van der Waals surface area contributed by atoms with Gasteiger partial charge in [-0.3, -0.25) is 4.79 Å². The Morgan fingerprint density at radius 1 is 1.73 bits per heavy atom. The molecule has 5 nitrogen and oxygen atoms in total. The quantitative estimate of drug-likeness (QED) is 0.768. The summed E-state index contributed by atoms with van der Waals surface area (Å²) in [6.45, 7) is 3.98. The summed E-state index contributed by atoms with van der Waals surface area (Å²) in [5.74, 6) is 0.538. The van der Waals surface area contributed by atoms with Crippen LogP contribution >= 0.6 is 11.6 Å². The Bertz CT molecular complexity index is 407. The SMILES string of the molecule is CC1COCCN1c1nc[nH]c(=O)c1Cl. The van der Waals surface area contributed by atoms with Crippen molar-refractivity contribution in [3.63, 3.8) is 0 Å². The molecule has 1 unspecified atom stereocenters. The highest BCUT2D eigenvalue weighted by molar-refractivity contribution is 6.32. The number of halogens is 1. The van der Waals surface area contributed by atoms with E-state index in [0.717, 1.165) is 0 Å². The molecule has 1 atom stereocenters. The second-order valence-corrected chi connectivity index (χ2v) is 3.86. The average Bonchev–Trinajstić information content (AvgIpc) is 2.23. The van der Waals surface area contributed by atoms with Crippen LogP contribution in [0.5, 0.6) is 0 Å². The van der Waals surface area contributed by atoms with E-state index < -0.39 is 0 Å². The van der Waals surface area contributed by atoms with E-state index in [1.165, 1.54) is 6.33 Å². The number of hydrogen-bond donors (Lipinski definition) is 1. The van der Waals surface area contributed by atoms with Crippen molar-refractivity contribution in [1.29, 1.82) is 0 Å². The Hall–Kier alpha value is -1.07. The number of H-pyrrole nitrogens is 1. The number of nitrogens with zero attached hydrogens (tertiary/aromatic N) is 2. The first-order valence-electron chi connectivity index (χ1n) is 4.77. The van der Waals surface area contributed by atoms with Crippen molar-refractivity contribution < 1.29 is 4.74 Å². The maximum atomic E-state index is 11.3. The first-order chi connectivity index (χ1) is 7.20. The van der Waals surface area contributed by atoms with E-state index in [1.807, 2.05) is 11.8 Å². The molecule has 1 aliphatic heterocycles. The molecule has 1 aromatic rings. The van der Waals surface area contributed by atoms with Gasteiger partial charge < -0.3 is 14.6 Å². The summed E-state index contributed by atoms with van der Waals surface area (Å²) >= 11 is 5.90. The summed E-state index contributed by atoms with van der Waals surface area (Å²) in [6, 6.07) is 0.186. The third kappa shape index (κ3) is 1.98. The maximum absolute atomic E-state index is 11.3. The lowest BCUT2D eigenvalue weighted by molar-refractivity contribution is 0.0985. The Labute approximate surface area is 92.0 Å². The van der Waals surface area contributed by atoms with Crippen LogP contribution in [0, 0.1) is 0 Å². The van der Waals surface area contributed by atoms with E-state index in [2.05, 4.69) is 9.97 Å². The highest BCUT2D eigenvalue weighted by Gasteiger charge is 2.23. The van der Waals surface area contributed by atoms with E-state index in [-0.39, 0.29) is 16.6 Å². The Kier molecular flexibility index (Phi) is 2.93. The molecule has 0 amide bonds. The van der Waals surface area contributed by atoms with Gasteiger partial charge in [0.15, 0.2) is 5.82 Å². The van der Waals surface area contributed by atoms with Gasteiger partial charge in [-0.05, 0) is 6.92 Å². The van der Waals surface area contributed by atoms with Crippen LogP contribution in [-0.2, 0) is 4.74 Å². The smallest absolute Gasteiger partial charge is 0.271 e. The van der Waals surface area contributed by atoms with Gasteiger partial charge in [0, 0.05) is 6.54 Å². The molecule has 1 saturated heterocycles. The van der Waals surface area contributed by atoms with E-state index >= 15 is 0 Å². The number of aromatic amines is 1. The topological polar surface area (TPSA) is 58.2 Å². The minimum absolute atomic E-state index is 0.145. The molecular weight excluding hydrogens is 218 g/mol. The molecule has 0 aromatic carbocycles. The first-order valence-corrected chi connectivity index (χ1v) is 5.15. The van der Waals surface area contributed by atoms with Crippen LogP contribution in [-0.4, -0.2) is 35.8 Å². The summed E-state index contributed by atoms with van der Waals surface area (Å²) in [5.41, 5.74) is -0.305. The Balaban J connectivity index is 2.35. The van der Waals surface area contributed by atoms with Gasteiger partial charge in [-0.1, -0.05) is 11.6 Å². The molecule has 82 valence electrons. The molecule has 0 bridgehead atoms. The molecule has 0 spiro atoms. The van der Waals surface area contributed by atoms with Gasteiger partial charge in [0.25, 0.3) is 5.56 Å². The van der Waals surface area contributed by atoms with Crippen molar-refractivity contribution in [3.8, 4) is 0 Å². The number of nitrogens with one attached hydrogen (secondary N) is 1. The maximum Gasteiger partial charge on any atom is 0.271 e. The fourth-order valence-electron chi connectivity index (χ4n) is 1.62. The molecule has 0 saturated carbocycles. The van der Waals surface area contributed by atoms with Crippen LogP contribution in [0.1, 0.15) is 6.92 Å². The monoisotopic (exact) mass is 229 g/mol. The highest BCUT2D eigenvalue weighted by atomic mass is 35.5. The van der Waals surface area contributed by atoms with Gasteiger partial charge in [0.2, 0.25) is 0 Å². The van der Waals surface area contributed by atoms with Gasteiger partial charge in [-0.2, -0.15) is 0 Å². The van der Waals surface area contributed by atoms with Crippen LogP contribution in [0.15, 0.2) is 11.1 Å². The summed E-state index contributed by atoms with van der Waals surface area (Å²) < 4.78 is 5.31. The lowest BCUT2D eigenvalue weighted by Crippen LogP contribution is -2.44. The number of rotatable bonds is 1. The summed E-state index contributed by atoms with van der Waals surface area (Å²) in [6.07, 6.45) is 1.37. The molecule has 0 aliphatic carbocycles. The average molecular weight is 230 g/mol. The normalized spacial score (nSPS) is 21.7. The van der Waals surface area contributed by atoms with Gasteiger partial charge in [0.1, 0.15) is 5.02 Å². The number of hydrogen-bond acceptors (Lipinski definition) is 4. The van der Waals surface area contributed by atoms with Gasteiger partial charge in [-0.15, -0.1) is 0 Å². The lowest BCUT2D eigenvalue weighted by atomic mass is 10.2. The van der Waals surface area contributed by atoms with Crippen LogP contribution in [0.3, 0.4) is 0 Å². The van der Waals surface area contributed by atoms with Crippen LogP contribution in [0.2, 0.25) is 5.02 Å². The van der Waals surface area contributed by atoms with Gasteiger partial charge in [-0.25, -0.2) is 4.98 Å². The van der Waals surface area contributed by atoms with Gasteiger partial charge >= 0.3 is 0 Å². The van der Waals surface area contributed by atoms with Crippen molar-refractivity contribution in [2.24, 2.45) is 0 Å². The number of anilines is 1.